The van der Waals surface area contributed by atoms with E-state index in [4.69, 9.17) is 0 Å². The molecule has 0 aromatic rings. The monoisotopic (exact) mass is 272 g/mol. The summed E-state index contributed by atoms with van der Waals surface area (Å²) in [7, 11) is 0. The highest BCUT2D eigenvalue weighted by Gasteiger charge is 2.34. The van der Waals surface area contributed by atoms with E-state index in [9.17, 15) is 0 Å². The Kier molecular flexibility index (Phi) is 7.04. The molecular formula is C15H32N2S. The lowest BCUT2D eigenvalue weighted by Gasteiger charge is -2.46. The summed E-state index contributed by atoms with van der Waals surface area (Å²) in [5.41, 5.74) is 0.376. The first-order valence-electron chi connectivity index (χ1n) is 7.54. The number of hydrogen-bond acceptors (Lipinski definition) is 3. The van der Waals surface area contributed by atoms with Crippen molar-refractivity contribution in [2.24, 2.45) is 5.41 Å². The molecule has 1 aliphatic rings. The second-order valence-corrected chi connectivity index (χ2v) is 7.86. The van der Waals surface area contributed by atoms with E-state index in [0.29, 0.717) is 17.5 Å². The summed E-state index contributed by atoms with van der Waals surface area (Å²) < 4.78 is 0. The van der Waals surface area contributed by atoms with Gasteiger partial charge in [-0.2, -0.15) is 11.8 Å². The van der Waals surface area contributed by atoms with Gasteiger partial charge in [0, 0.05) is 37.5 Å². The van der Waals surface area contributed by atoms with Crippen LogP contribution in [0.3, 0.4) is 0 Å². The van der Waals surface area contributed by atoms with Crippen molar-refractivity contribution in [1.29, 1.82) is 0 Å². The molecule has 1 fully saturated rings. The summed E-state index contributed by atoms with van der Waals surface area (Å²) in [5.74, 6) is 2.52. The van der Waals surface area contributed by atoms with E-state index in [1.165, 1.54) is 37.4 Å². The van der Waals surface area contributed by atoms with Gasteiger partial charge >= 0.3 is 0 Å². The van der Waals surface area contributed by atoms with E-state index >= 15 is 0 Å². The molecular weight excluding hydrogens is 240 g/mol. The van der Waals surface area contributed by atoms with E-state index in [0.717, 1.165) is 6.54 Å². The quantitative estimate of drug-likeness (QED) is 0.747. The predicted molar refractivity (Wildman–Crippen MR) is 84.5 cm³/mol. The highest BCUT2D eigenvalue weighted by Crippen LogP contribution is 2.27. The summed E-state index contributed by atoms with van der Waals surface area (Å²) in [6.45, 7) is 15.3. The summed E-state index contributed by atoms with van der Waals surface area (Å²) in [4.78, 5) is 2.74. The Morgan fingerprint density at radius 1 is 1.28 bits per heavy atom. The molecule has 0 aliphatic carbocycles. The smallest absolute Gasteiger partial charge is 0.0270 e. The Morgan fingerprint density at radius 2 is 2.00 bits per heavy atom. The van der Waals surface area contributed by atoms with Crippen molar-refractivity contribution in [3.05, 3.63) is 0 Å². The molecule has 108 valence electrons. The fraction of sp³-hybridized carbons (Fsp3) is 1.00. The molecule has 1 aliphatic heterocycles. The van der Waals surface area contributed by atoms with Crippen molar-refractivity contribution in [2.45, 2.75) is 59.5 Å². The van der Waals surface area contributed by atoms with Crippen LogP contribution < -0.4 is 5.32 Å². The van der Waals surface area contributed by atoms with Gasteiger partial charge in [0.05, 0.1) is 0 Å². The van der Waals surface area contributed by atoms with Gasteiger partial charge in [-0.1, -0.05) is 41.0 Å². The van der Waals surface area contributed by atoms with Crippen LogP contribution in [0.5, 0.6) is 0 Å². The van der Waals surface area contributed by atoms with Gasteiger partial charge in [0.2, 0.25) is 0 Å². The molecule has 1 heterocycles. The molecule has 2 nitrogen and oxygen atoms in total. The van der Waals surface area contributed by atoms with Crippen molar-refractivity contribution in [3.8, 4) is 0 Å². The zero-order valence-electron chi connectivity index (χ0n) is 13.0. The number of piperazine rings is 1. The maximum atomic E-state index is 3.75. The minimum absolute atomic E-state index is 0.376. The number of thioether (sulfide) groups is 1. The van der Waals surface area contributed by atoms with E-state index in [2.05, 4.69) is 56.6 Å². The minimum atomic E-state index is 0.376. The lowest BCUT2D eigenvalue weighted by Crippen LogP contribution is -2.60. The number of nitrogens with zero attached hydrogens (tertiary/aromatic N) is 1. The lowest BCUT2D eigenvalue weighted by molar-refractivity contribution is 0.0594. The van der Waals surface area contributed by atoms with Gasteiger partial charge in [-0.15, -0.1) is 0 Å². The highest BCUT2D eigenvalue weighted by atomic mass is 32.2. The highest BCUT2D eigenvalue weighted by molar-refractivity contribution is 7.99. The Bertz CT molecular complexity index is 225. The molecule has 0 spiro atoms. The first kappa shape index (κ1) is 16.3. The molecule has 0 radical (unpaired) electrons. The minimum Gasteiger partial charge on any atom is -0.311 e. The number of nitrogens with one attached hydrogen (secondary N) is 1. The van der Waals surface area contributed by atoms with Crippen molar-refractivity contribution in [3.63, 3.8) is 0 Å². The number of hydrogen-bond donors (Lipinski definition) is 1. The fourth-order valence-corrected chi connectivity index (χ4v) is 3.50. The van der Waals surface area contributed by atoms with Crippen LogP contribution >= 0.6 is 11.8 Å². The first-order chi connectivity index (χ1) is 8.49. The van der Waals surface area contributed by atoms with Gasteiger partial charge in [0.1, 0.15) is 0 Å². The zero-order valence-corrected chi connectivity index (χ0v) is 13.8. The predicted octanol–water partition coefficient (Wildman–Crippen LogP) is 3.23. The van der Waals surface area contributed by atoms with Crippen LogP contribution in [0.2, 0.25) is 0 Å². The van der Waals surface area contributed by atoms with Crippen molar-refractivity contribution in [1.82, 2.24) is 10.2 Å². The summed E-state index contributed by atoms with van der Waals surface area (Å²) in [6.07, 6.45) is 2.60. The van der Waals surface area contributed by atoms with E-state index in [-0.39, 0.29) is 0 Å². The molecule has 18 heavy (non-hydrogen) atoms. The summed E-state index contributed by atoms with van der Waals surface area (Å²) >= 11 is 2.07. The molecule has 0 aromatic heterocycles. The van der Waals surface area contributed by atoms with Gasteiger partial charge in [-0.05, 0) is 17.6 Å². The average Bonchev–Trinajstić information content (AvgIpc) is 2.28. The Hall–Kier alpha value is 0.270. The summed E-state index contributed by atoms with van der Waals surface area (Å²) in [5, 5.41) is 3.75. The fourth-order valence-electron chi connectivity index (χ4n) is 2.85. The Labute approximate surface area is 118 Å². The van der Waals surface area contributed by atoms with Crippen LogP contribution in [0.1, 0.15) is 47.5 Å². The molecule has 3 heteroatoms. The topological polar surface area (TPSA) is 15.3 Å². The SMILES string of the molecule is CCCC1CN(CCSCC)C(C(C)(C)C)CN1. The zero-order chi connectivity index (χ0) is 13.6. The molecule has 1 saturated heterocycles. The van der Waals surface area contributed by atoms with Gasteiger partial charge in [-0.25, -0.2) is 0 Å². The normalized spacial score (nSPS) is 26.5. The number of rotatable bonds is 6. The van der Waals surface area contributed by atoms with Crippen molar-refractivity contribution < 1.29 is 0 Å². The second kappa shape index (κ2) is 7.76. The van der Waals surface area contributed by atoms with Crippen LogP contribution in [0.4, 0.5) is 0 Å². The van der Waals surface area contributed by atoms with Crippen LogP contribution in [0.15, 0.2) is 0 Å². The second-order valence-electron chi connectivity index (χ2n) is 6.47. The molecule has 2 unspecified atom stereocenters. The van der Waals surface area contributed by atoms with Crippen LogP contribution in [-0.4, -0.2) is 48.1 Å². The van der Waals surface area contributed by atoms with Gasteiger partial charge in [0.25, 0.3) is 0 Å². The van der Waals surface area contributed by atoms with E-state index in [1.807, 2.05) is 0 Å². The average molecular weight is 273 g/mol. The molecule has 2 atom stereocenters. The Morgan fingerprint density at radius 3 is 2.56 bits per heavy atom. The third kappa shape index (κ3) is 5.10. The first-order valence-corrected chi connectivity index (χ1v) is 8.69. The standard InChI is InChI=1S/C15H32N2S/c1-6-8-13-12-17(9-10-18-7-2)14(11-16-13)15(3,4)5/h13-14,16H,6-12H2,1-5H3. The maximum absolute atomic E-state index is 3.75. The third-order valence-electron chi connectivity index (χ3n) is 3.86. The van der Waals surface area contributed by atoms with Crippen molar-refractivity contribution >= 4 is 11.8 Å². The summed E-state index contributed by atoms with van der Waals surface area (Å²) in [6, 6.07) is 1.39. The molecule has 0 aromatic carbocycles. The van der Waals surface area contributed by atoms with E-state index in [1.54, 1.807) is 0 Å². The van der Waals surface area contributed by atoms with Crippen LogP contribution in [0.25, 0.3) is 0 Å². The largest absolute Gasteiger partial charge is 0.311 e. The molecule has 0 bridgehead atoms. The van der Waals surface area contributed by atoms with E-state index < -0.39 is 0 Å². The van der Waals surface area contributed by atoms with Gasteiger partial charge in [-0.3, -0.25) is 4.90 Å². The van der Waals surface area contributed by atoms with Crippen molar-refractivity contribution in [2.75, 3.05) is 31.1 Å². The van der Waals surface area contributed by atoms with Gasteiger partial charge in [0.15, 0.2) is 0 Å². The third-order valence-corrected chi connectivity index (χ3v) is 4.74. The Balaban J connectivity index is 2.55. The molecule has 0 saturated carbocycles. The molecule has 0 amide bonds. The lowest BCUT2D eigenvalue weighted by atomic mass is 9.83. The maximum Gasteiger partial charge on any atom is 0.0270 e. The molecule has 1 N–H and O–H groups in total. The molecule has 1 rings (SSSR count). The van der Waals surface area contributed by atoms with Crippen LogP contribution in [-0.2, 0) is 0 Å². The van der Waals surface area contributed by atoms with Crippen LogP contribution in [0, 0.1) is 5.41 Å². The van der Waals surface area contributed by atoms with Gasteiger partial charge < -0.3 is 5.32 Å².